The maximum absolute atomic E-state index is 14.2. The van der Waals surface area contributed by atoms with E-state index < -0.39 is 5.54 Å². The number of benzene rings is 4. The second kappa shape index (κ2) is 10.2. The largest absolute Gasteiger partial charge is 0.488 e. The third-order valence-electron chi connectivity index (χ3n) is 8.50. The fourth-order valence-corrected chi connectivity index (χ4v) is 7.10. The molecule has 0 spiro atoms. The van der Waals surface area contributed by atoms with Gasteiger partial charge in [-0.25, -0.2) is 9.78 Å². The average Bonchev–Trinajstić information content (AvgIpc) is 3.51. The summed E-state index contributed by atoms with van der Waals surface area (Å²) in [6, 6.07) is 34.0. The molecule has 8 heteroatoms. The molecular weight excluding hydrogens is 567 g/mol. The van der Waals surface area contributed by atoms with Crippen LogP contribution in [-0.4, -0.2) is 34.3 Å². The minimum Gasteiger partial charge on any atom is -0.488 e. The highest BCUT2D eigenvalue weighted by Gasteiger charge is 2.50. The minimum absolute atomic E-state index is 0.187. The van der Waals surface area contributed by atoms with Crippen LogP contribution < -0.4 is 14.5 Å². The fraction of sp³-hybridized carbons (Fsp3) is 0.176. The molecule has 42 heavy (non-hydrogen) atoms. The van der Waals surface area contributed by atoms with Gasteiger partial charge in [-0.05, 0) is 42.7 Å². The maximum Gasteiger partial charge on any atom is 0.331 e. The van der Waals surface area contributed by atoms with Gasteiger partial charge in [-0.2, -0.15) is 0 Å². The van der Waals surface area contributed by atoms with Crippen molar-refractivity contribution in [2.24, 2.45) is 0 Å². The Morgan fingerprint density at radius 2 is 1.38 bits per heavy atom. The van der Waals surface area contributed by atoms with Gasteiger partial charge in [0, 0.05) is 5.02 Å². The molecule has 5 aromatic rings. The number of hydrogen-bond acceptors (Lipinski definition) is 3. The Morgan fingerprint density at radius 1 is 0.833 bits per heavy atom. The summed E-state index contributed by atoms with van der Waals surface area (Å²) in [7, 11) is 0. The van der Waals surface area contributed by atoms with E-state index >= 15 is 0 Å². The Kier molecular flexibility index (Phi) is 6.48. The van der Waals surface area contributed by atoms with Crippen molar-refractivity contribution in [3.63, 3.8) is 0 Å². The van der Waals surface area contributed by atoms with Crippen molar-refractivity contribution in [3.05, 3.63) is 142 Å². The average molecular weight is 596 g/mol. The van der Waals surface area contributed by atoms with E-state index in [9.17, 15) is 4.79 Å². The molecule has 2 atom stereocenters. The fourth-order valence-electron chi connectivity index (χ4n) is 6.57. The van der Waals surface area contributed by atoms with Gasteiger partial charge in [-0.3, -0.25) is 9.80 Å². The van der Waals surface area contributed by atoms with Crippen LogP contribution in [0.15, 0.2) is 109 Å². The number of hydrogen-bond donors (Lipinski definition) is 0. The standard InChI is InChI=1S/C34H28Cl2N4O2/c1-22-30-20-42-31-28(36)18-27(35)19-29(31)40(30)33(41)39(22)32-23(2)38(21-37-32)34(24-12-6-3-7-13-24,25-14-8-4-9-15-25)26-16-10-5-11-17-26/h3-19,21-22,30H,20H2,1-2H3. The summed E-state index contributed by atoms with van der Waals surface area (Å²) in [5, 5.41) is 0.828. The van der Waals surface area contributed by atoms with Gasteiger partial charge in [0.1, 0.15) is 12.1 Å². The van der Waals surface area contributed by atoms with E-state index in [1.807, 2.05) is 38.4 Å². The Hall–Kier alpha value is -4.26. The third-order valence-corrected chi connectivity index (χ3v) is 9.00. The van der Waals surface area contributed by atoms with Gasteiger partial charge >= 0.3 is 6.03 Å². The topological polar surface area (TPSA) is 50.6 Å². The first kappa shape index (κ1) is 26.6. The molecular formula is C34H28Cl2N4O2. The second-order valence-electron chi connectivity index (χ2n) is 10.7. The predicted octanol–water partition coefficient (Wildman–Crippen LogP) is 7.93. The smallest absolute Gasteiger partial charge is 0.331 e. The van der Waals surface area contributed by atoms with Crippen molar-refractivity contribution in [3.8, 4) is 5.75 Å². The molecule has 1 fully saturated rings. The highest BCUT2D eigenvalue weighted by molar-refractivity contribution is 6.36. The number of ether oxygens (including phenoxy) is 1. The number of nitrogens with zero attached hydrogens (tertiary/aromatic N) is 4. The molecule has 1 saturated heterocycles. The lowest BCUT2D eigenvalue weighted by Crippen LogP contribution is -2.43. The van der Waals surface area contributed by atoms with E-state index in [4.69, 9.17) is 32.9 Å². The summed E-state index contributed by atoms with van der Waals surface area (Å²) in [6.45, 7) is 4.38. The summed E-state index contributed by atoms with van der Waals surface area (Å²) in [4.78, 5) is 22.7. The first-order chi connectivity index (χ1) is 20.4. The highest BCUT2D eigenvalue weighted by atomic mass is 35.5. The molecule has 1 aromatic heterocycles. The number of imidazole rings is 1. The van der Waals surface area contributed by atoms with Crippen LogP contribution in [0.5, 0.6) is 5.75 Å². The molecule has 0 aliphatic carbocycles. The van der Waals surface area contributed by atoms with Crippen LogP contribution in [0.1, 0.15) is 29.3 Å². The Balaban J connectivity index is 1.42. The summed E-state index contributed by atoms with van der Waals surface area (Å²) < 4.78 is 8.24. The molecule has 2 amide bonds. The molecule has 2 aliphatic rings. The number of carbonyl (C=O) groups is 1. The van der Waals surface area contributed by atoms with Crippen LogP contribution in [0.3, 0.4) is 0 Å². The molecule has 4 aromatic carbocycles. The lowest BCUT2D eigenvalue weighted by atomic mass is 9.76. The summed E-state index contributed by atoms with van der Waals surface area (Å²) >= 11 is 12.8. The van der Waals surface area contributed by atoms with Gasteiger partial charge in [0.2, 0.25) is 0 Å². The lowest BCUT2D eigenvalue weighted by molar-refractivity contribution is 0.246. The molecule has 0 N–H and O–H groups in total. The normalized spacial score (nSPS) is 18.0. The van der Waals surface area contributed by atoms with E-state index in [0.717, 1.165) is 22.4 Å². The Labute approximate surface area is 254 Å². The van der Waals surface area contributed by atoms with Crippen LogP contribution in [0, 0.1) is 6.92 Å². The molecule has 0 saturated carbocycles. The minimum atomic E-state index is -0.741. The van der Waals surface area contributed by atoms with E-state index in [-0.39, 0.29) is 18.1 Å². The van der Waals surface area contributed by atoms with Crippen molar-refractivity contribution >= 4 is 40.7 Å². The number of rotatable bonds is 5. The zero-order chi connectivity index (χ0) is 29.0. The summed E-state index contributed by atoms with van der Waals surface area (Å²) in [5.74, 6) is 1.07. The number of anilines is 2. The van der Waals surface area contributed by atoms with Gasteiger partial charge in [0.15, 0.2) is 11.6 Å². The zero-order valence-corrected chi connectivity index (χ0v) is 24.6. The van der Waals surface area contributed by atoms with Crippen LogP contribution in [0.25, 0.3) is 0 Å². The first-order valence-electron chi connectivity index (χ1n) is 13.9. The second-order valence-corrected chi connectivity index (χ2v) is 11.6. The number of urea groups is 1. The van der Waals surface area contributed by atoms with Gasteiger partial charge in [-0.1, -0.05) is 114 Å². The SMILES string of the molecule is Cc1c(N2C(=O)N3c4cc(Cl)cc(Cl)c4OCC3C2C)ncn1C(c1ccccc1)(c1ccccc1)c1ccccc1. The van der Waals surface area contributed by atoms with E-state index in [1.165, 1.54) is 0 Å². The van der Waals surface area contributed by atoms with Crippen LogP contribution in [0.2, 0.25) is 10.0 Å². The third kappa shape index (κ3) is 3.86. The highest BCUT2D eigenvalue weighted by Crippen LogP contribution is 2.47. The summed E-state index contributed by atoms with van der Waals surface area (Å²) in [5.41, 5.74) is 3.94. The number of aromatic nitrogens is 2. The maximum atomic E-state index is 14.2. The van der Waals surface area contributed by atoms with Crippen molar-refractivity contribution in [1.82, 2.24) is 9.55 Å². The van der Waals surface area contributed by atoms with Gasteiger partial charge in [-0.15, -0.1) is 0 Å². The van der Waals surface area contributed by atoms with Crippen molar-refractivity contribution in [1.29, 1.82) is 0 Å². The molecule has 210 valence electrons. The van der Waals surface area contributed by atoms with Crippen LogP contribution in [0.4, 0.5) is 16.3 Å². The monoisotopic (exact) mass is 594 g/mol. The van der Waals surface area contributed by atoms with Crippen LogP contribution >= 0.6 is 23.2 Å². The molecule has 2 unspecified atom stereocenters. The van der Waals surface area contributed by atoms with Crippen molar-refractivity contribution in [2.45, 2.75) is 31.5 Å². The van der Waals surface area contributed by atoms with E-state index in [2.05, 4.69) is 77.4 Å². The summed E-state index contributed by atoms with van der Waals surface area (Å²) in [6.07, 6.45) is 1.85. The van der Waals surface area contributed by atoms with Gasteiger partial charge in [0.05, 0.1) is 34.8 Å². The van der Waals surface area contributed by atoms with E-state index in [0.29, 0.717) is 33.9 Å². The van der Waals surface area contributed by atoms with Crippen molar-refractivity contribution in [2.75, 3.05) is 16.4 Å². The molecule has 0 bridgehead atoms. The number of halogens is 2. The molecule has 0 radical (unpaired) electrons. The number of fused-ring (bicyclic) bond motifs is 3. The van der Waals surface area contributed by atoms with Gasteiger partial charge in [0.25, 0.3) is 0 Å². The van der Waals surface area contributed by atoms with E-state index in [1.54, 1.807) is 21.9 Å². The zero-order valence-electron chi connectivity index (χ0n) is 23.1. The number of carbonyl (C=O) groups excluding carboxylic acids is 1. The van der Waals surface area contributed by atoms with Crippen molar-refractivity contribution < 1.29 is 9.53 Å². The first-order valence-corrected chi connectivity index (χ1v) is 14.6. The molecule has 6 nitrogen and oxygen atoms in total. The van der Waals surface area contributed by atoms with Crippen LogP contribution in [-0.2, 0) is 5.54 Å². The Morgan fingerprint density at radius 3 is 1.93 bits per heavy atom. The molecule has 3 heterocycles. The Bertz CT molecular complexity index is 1680. The molecule has 7 rings (SSSR count). The quantitative estimate of drug-likeness (QED) is 0.194. The predicted molar refractivity (Wildman–Crippen MR) is 167 cm³/mol. The number of amides is 2. The van der Waals surface area contributed by atoms with Gasteiger partial charge < -0.3 is 9.30 Å². The lowest BCUT2D eigenvalue weighted by Gasteiger charge is -2.38. The molecule has 2 aliphatic heterocycles.